The van der Waals surface area contributed by atoms with Crippen molar-refractivity contribution in [1.82, 2.24) is 15.1 Å². The van der Waals surface area contributed by atoms with E-state index in [0.717, 1.165) is 12.8 Å². The second-order valence-electron chi connectivity index (χ2n) is 5.68. The molecule has 0 radical (unpaired) electrons. The Morgan fingerprint density at radius 1 is 1.20 bits per heavy atom. The van der Waals surface area contributed by atoms with Gasteiger partial charge >= 0.3 is 5.22 Å². The highest BCUT2D eigenvalue weighted by atomic mass is 32.2. The average molecular weight is 365 g/mol. The van der Waals surface area contributed by atoms with Crippen LogP contribution >= 0.6 is 0 Å². The van der Waals surface area contributed by atoms with Gasteiger partial charge in [-0.15, -0.1) is 5.10 Å². The molecule has 0 spiro atoms. The van der Waals surface area contributed by atoms with Crippen molar-refractivity contribution in [1.29, 1.82) is 0 Å². The van der Waals surface area contributed by atoms with Crippen molar-refractivity contribution in [3.63, 3.8) is 0 Å². The van der Waals surface area contributed by atoms with Crippen molar-refractivity contribution in [3.05, 3.63) is 24.3 Å². The van der Waals surface area contributed by atoms with E-state index in [0.29, 0.717) is 31.0 Å². The Labute approximate surface area is 145 Å². The number of aromatic nitrogens is 2. The van der Waals surface area contributed by atoms with Crippen LogP contribution < -0.4 is 4.74 Å². The standard InChI is InChI=1S/C16H19N3O5S/c1-2-23-13-7-5-12(6-8-13)15-17-18-16(24-15)25(21,22)11-14(20)19-9-3-4-10-19/h5-8H,2-4,9-11H2,1H3. The van der Waals surface area contributed by atoms with E-state index < -0.39 is 26.7 Å². The topological polar surface area (TPSA) is 103 Å². The number of sulfone groups is 1. The molecular weight excluding hydrogens is 346 g/mol. The van der Waals surface area contributed by atoms with Gasteiger partial charge in [-0.1, -0.05) is 5.10 Å². The van der Waals surface area contributed by atoms with E-state index in [1.54, 1.807) is 29.2 Å². The molecule has 1 aromatic heterocycles. The first kappa shape index (κ1) is 17.4. The normalized spacial score (nSPS) is 14.7. The van der Waals surface area contributed by atoms with Crippen LogP contribution in [-0.4, -0.2) is 54.9 Å². The predicted molar refractivity (Wildman–Crippen MR) is 88.8 cm³/mol. The minimum Gasteiger partial charge on any atom is -0.494 e. The van der Waals surface area contributed by atoms with Crippen LogP contribution in [0.25, 0.3) is 11.5 Å². The highest BCUT2D eigenvalue weighted by Crippen LogP contribution is 2.23. The van der Waals surface area contributed by atoms with Crippen LogP contribution in [0.1, 0.15) is 19.8 Å². The molecule has 8 nitrogen and oxygen atoms in total. The number of hydrogen-bond acceptors (Lipinski definition) is 7. The number of benzene rings is 1. The van der Waals surface area contributed by atoms with E-state index in [1.165, 1.54) is 0 Å². The largest absolute Gasteiger partial charge is 0.494 e. The molecule has 2 aromatic rings. The zero-order chi connectivity index (χ0) is 17.9. The third-order valence-electron chi connectivity index (χ3n) is 3.86. The van der Waals surface area contributed by atoms with Gasteiger partial charge in [0.05, 0.1) is 6.61 Å². The van der Waals surface area contributed by atoms with Gasteiger partial charge in [0, 0.05) is 18.7 Å². The van der Waals surface area contributed by atoms with Crippen molar-refractivity contribution >= 4 is 15.7 Å². The number of hydrogen-bond donors (Lipinski definition) is 0. The molecule has 3 rings (SSSR count). The van der Waals surface area contributed by atoms with E-state index in [1.807, 2.05) is 6.92 Å². The molecule has 1 fully saturated rings. The molecular formula is C16H19N3O5S. The smallest absolute Gasteiger partial charge is 0.336 e. The van der Waals surface area contributed by atoms with E-state index in [4.69, 9.17) is 9.15 Å². The Morgan fingerprint density at radius 2 is 1.88 bits per heavy atom. The molecule has 0 unspecified atom stereocenters. The van der Waals surface area contributed by atoms with Crippen molar-refractivity contribution in [2.45, 2.75) is 25.0 Å². The molecule has 0 atom stereocenters. The zero-order valence-electron chi connectivity index (χ0n) is 13.8. The summed E-state index contributed by atoms with van der Waals surface area (Å²) < 4.78 is 35.3. The number of rotatable bonds is 6. The molecule has 1 aliphatic rings. The minimum atomic E-state index is -3.96. The molecule has 25 heavy (non-hydrogen) atoms. The molecule has 1 aromatic carbocycles. The molecule has 134 valence electrons. The summed E-state index contributed by atoms with van der Waals surface area (Å²) in [4.78, 5) is 13.6. The molecule has 0 aliphatic carbocycles. The van der Waals surface area contributed by atoms with Crippen molar-refractivity contribution in [3.8, 4) is 17.2 Å². The second kappa shape index (κ2) is 7.22. The fourth-order valence-electron chi connectivity index (χ4n) is 2.59. The first-order valence-electron chi connectivity index (χ1n) is 8.07. The Kier molecular flexibility index (Phi) is 5.03. The number of carbonyl (C=O) groups is 1. The first-order chi connectivity index (χ1) is 12.0. The number of amides is 1. The van der Waals surface area contributed by atoms with E-state index in [2.05, 4.69) is 10.2 Å². The van der Waals surface area contributed by atoms with Gasteiger partial charge < -0.3 is 14.1 Å². The Balaban J connectivity index is 1.74. The Morgan fingerprint density at radius 3 is 2.52 bits per heavy atom. The monoisotopic (exact) mass is 365 g/mol. The maximum atomic E-state index is 12.3. The summed E-state index contributed by atoms with van der Waals surface area (Å²) in [6.45, 7) is 3.62. The number of carbonyl (C=O) groups excluding carboxylic acids is 1. The molecule has 0 saturated carbocycles. The molecule has 1 aliphatic heterocycles. The number of ether oxygens (including phenoxy) is 1. The van der Waals surface area contributed by atoms with Gasteiger partial charge in [-0.25, -0.2) is 8.42 Å². The zero-order valence-corrected chi connectivity index (χ0v) is 14.7. The number of nitrogens with zero attached hydrogens (tertiary/aromatic N) is 3. The average Bonchev–Trinajstić information content (AvgIpc) is 3.28. The summed E-state index contributed by atoms with van der Waals surface area (Å²) in [5.41, 5.74) is 0.572. The lowest BCUT2D eigenvalue weighted by Crippen LogP contribution is -2.33. The Bertz CT molecular complexity index is 839. The van der Waals surface area contributed by atoms with Gasteiger partial charge in [0.25, 0.3) is 0 Å². The Hall–Kier alpha value is -2.42. The van der Waals surface area contributed by atoms with Crippen molar-refractivity contribution in [2.75, 3.05) is 25.4 Å². The van der Waals surface area contributed by atoms with Crippen LogP contribution in [0.3, 0.4) is 0 Å². The third-order valence-corrected chi connectivity index (χ3v) is 5.18. The first-order valence-corrected chi connectivity index (χ1v) is 9.72. The highest BCUT2D eigenvalue weighted by molar-refractivity contribution is 7.91. The van der Waals surface area contributed by atoms with Gasteiger partial charge in [-0.05, 0) is 44.0 Å². The van der Waals surface area contributed by atoms with Crippen LogP contribution in [0, 0.1) is 0 Å². The third kappa shape index (κ3) is 3.98. The highest BCUT2D eigenvalue weighted by Gasteiger charge is 2.29. The fourth-order valence-corrected chi connectivity index (χ4v) is 3.60. The summed E-state index contributed by atoms with van der Waals surface area (Å²) in [7, 11) is -3.96. The molecule has 2 heterocycles. The van der Waals surface area contributed by atoms with Crippen molar-refractivity contribution < 1.29 is 22.4 Å². The SMILES string of the molecule is CCOc1ccc(-c2nnc(S(=O)(=O)CC(=O)N3CCCC3)o2)cc1. The van der Waals surface area contributed by atoms with Crippen LogP contribution in [0.2, 0.25) is 0 Å². The number of likely N-dealkylation sites (tertiary alicyclic amines) is 1. The van der Waals surface area contributed by atoms with Gasteiger partial charge in [0.15, 0.2) is 0 Å². The van der Waals surface area contributed by atoms with E-state index >= 15 is 0 Å². The molecule has 0 N–H and O–H groups in total. The minimum absolute atomic E-state index is 0.0789. The van der Waals surface area contributed by atoms with Crippen molar-refractivity contribution in [2.24, 2.45) is 0 Å². The quantitative estimate of drug-likeness (QED) is 0.765. The molecule has 1 saturated heterocycles. The van der Waals surface area contributed by atoms with Crippen LogP contribution in [0.5, 0.6) is 5.75 Å². The fraction of sp³-hybridized carbons (Fsp3) is 0.438. The summed E-state index contributed by atoms with van der Waals surface area (Å²) in [6, 6.07) is 6.86. The lowest BCUT2D eigenvalue weighted by atomic mass is 10.2. The van der Waals surface area contributed by atoms with Crippen LogP contribution in [-0.2, 0) is 14.6 Å². The van der Waals surface area contributed by atoms with Crippen LogP contribution in [0.4, 0.5) is 0 Å². The molecule has 1 amide bonds. The molecule has 0 bridgehead atoms. The van der Waals surface area contributed by atoms with Gasteiger partial charge in [0.1, 0.15) is 11.5 Å². The second-order valence-corrected chi connectivity index (χ2v) is 7.54. The van der Waals surface area contributed by atoms with E-state index in [9.17, 15) is 13.2 Å². The van der Waals surface area contributed by atoms with Crippen LogP contribution in [0.15, 0.2) is 33.9 Å². The molecule has 9 heteroatoms. The summed E-state index contributed by atoms with van der Waals surface area (Å²) in [6.07, 6.45) is 1.79. The van der Waals surface area contributed by atoms with E-state index in [-0.39, 0.29) is 5.89 Å². The summed E-state index contributed by atoms with van der Waals surface area (Å²) in [5.74, 6) is -0.318. The summed E-state index contributed by atoms with van der Waals surface area (Å²) >= 11 is 0. The van der Waals surface area contributed by atoms with Gasteiger partial charge in [0.2, 0.25) is 21.6 Å². The van der Waals surface area contributed by atoms with Gasteiger partial charge in [-0.3, -0.25) is 4.79 Å². The maximum Gasteiger partial charge on any atom is 0.336 e. The lowest BCUT2D eigenvalue weighted by Gasteiger charge is -2.13. The summed E-state index contributed by atoms with van der Waals surface area (Å²) in [5, 5.41) is 6.83. The lowest BCUT2D eigenvalue weighted by molar-refractivity contribution is -0.127. The van der Waals surface area contributed by atoms with Gasteiger partial charge in [-0.2, -0.15) is 0 Å². The predicted octanol–water partition coefficient (Wildman–Crippen LogP) is 1.53. The maximum absolute atomic E-state index is 12.3.